The number of aryl methyl sites for hydroxylation is 1. The van der Waals surface area contributed by atoms with Gasteiger partial charge in [0.1, 0.15) is 0 Å². The van der Waals surface area contributed by atoms with E-state index in [0.29, 0.717) is 5.56 Å². The second-order valence-corrected chi connectivity index (χ2v) is 6.16. The number of aromatic nitrogens is 1. The van der Waals surface area contributed by atoms with Crippen molar-refractivity contribution in [1.82, 2.24) is 4.98 Å². The molecule has 0 amide bonds. The summed E-state index contributed by atoms with van der Waals surface area (Å²) in [6, 6.07) is 14.4. The number of rotatable bonds is 1. The third-order valence-electron chi connectivity index (χ3n) is 2.98. The van der Waals surface area contributed by atoms with Crippen LogP contribution in [-0.4, -0.2) is 13.4 Å². The van der Waals surface area contributed by atoms with Gasteiger partial charge in [-0.05, 0) is 42.8 Å². The van der Waals surface area contributed by atoms with E-state index in [-0.39, 0.29) is 4.90 Å². The summed E-state index contributed by atoms with van der Waals surface area (Å²) < 4.78 is 21.7. The van der Waals surface area contributed by atoms with E-state index in [2.05, 4.69) is 4.98 Å². The summed E-state index contributed by atoms with van der Waals surface area (Å²) in [5.41, 5.74) is 8.19. The highest BCUT2D eigenvalue weighted by Gasteiger charge is 2.08. The number of benzene rings is 2. The fourth-order valence-electron chi connectivity index (χ4n) is 1.95. The number of H-pyrrole nitrogens is 1. The lowest BCUT2D eigenvalue weighted by Crippen LogP contribution is -2.13. The molecule has 0 saturated heterocycles. The number of aromatic amines is 1. The average molecular weight is 303 g/mol. The predicted molar refractivity (Wildman–Crippen MR) is 85.3 cm³/mol. The highest BCUT2D eigenvalue weighted by molar-refractivity contribution is 7.89. The zero-order valence-electron chi connectivity index (χ0n) is 11.6. The van der Waals surface area contributed by atoms with Crippen LogP contribution in [0.15, 0.2) is 59.6 Å². The van der Waals surface area contributed by atoms with E-state index in [1.165, 1.54) is 11.5 Å². The summed E-state index contributed by atoms with van der Waals surface area (Å²) in [7, 11) is -3.53. The van der Waals surface area contributed by atoms with E-state index in [1.807, 2.05) is 30.5 Å². The van der Waals surface area contributed by atoms with Gasteiger partial charge >= 0.3 is 0 Å². The van der Waals surface area contributed by atoms with Gasteiger partial charge in [-0.25, -0.2) is 13.6 Å². The molecule has 3 rings (SSSR count). The fourth-order valence-corrected chi connectivity index (χ4v) is 2.73. The number of hydrogen-bond acceptors (Lipinski definition) is 3. The van der Waals surface area contributed by atoms with Gasteiger partial charge in [-0.1, -0.05) is 18.2 Å². The first-order valence-corrected chi connectivity index (χ1v) is 7.83. The van der Waals surface area contributed by atoms with E-state index in [9.17, 15) is 8.42 Å². The van der Waals surface area contributed by atoms with Crippen molar-refractivity contribution < 1.29 is 8.42 Å². The highest BCUT2D eigenvalue weighted by atomic mass is 32.2. The topological polar surface area (TPSA) is 102 Å². The van der Waals surface area contributed by atoms with E-state index < -0.39 is 10.0 Å². The number of primary sulfonamides is 1. The minimum Gasteiger partial charge on any atom is -0.399 e. The Balaban J connectivity index is 0.000000154. The zero-order chi connectivity index (χ0) is 15.5. The number of hydrogen-bond donors (Lipinski definition) is 3. The molecule has 0 bridgehead atoms. The van der Waals surface area contributed by atoms with Crippen LogP contribution in [0.4, 0.5) is 5.69 Å². The fraction of sp³-hybridized carbons (Fsp3) is 0.0667. The van der Waals surface area contributed by atoms with Gasteiger partial charge in [-0.3, -0.25) is 0 Å². The molecule has 5 N–H and O–H groups in total. The Kier molecular flexibility index (Phi) is 4.30. The number of sulfonamides is 1. The molecule has 6 heteroatoms. The molecule has 110 valence electrons. The van der Waals surface area contributed by atoms with Crippen LogP contribution < -0.4 is 10.9 Å². The van der Waals surface area contributed by atoms with Gasteiger partial charge < -0.3 is 10.7 Å². The van der Waals surface area contributed by atoms with Crippen molar-refractivity contribution >= 4 is 26.6 Å². The summed E-state index contributed by atoms with van der Waals surface area (Å²) in [6.07, 6.45) is 1.91. The molecule has 1 heterocycles. The smallest absolute Gasteiger partial charge is 0.238 e. The van der Waals surface area contributed by atoms with Crippen molar-refractivity contribution in [1.29, 1.82) is 0 Å². The molecule has 0 radical (unpaired) electrons. The molecule has 0 spiro atoms. The van der Waals surface area contributed by atoms with Gasteiger partial charge in [0.05, 0.1) is 4.90 Å². The van der Waals surface area contributed by atoms with Crippen LogP contribution in [-0.2, 0) is 10.0 Å². The third kappa shape index (κ3) is 3.84. The van der Waals surface area contributed by atoms with Gasteiger partial charge in [0.25, 0.3) is 0 Å². The third-order valence-corrected chi connectivity index (χ3v) is 4.05. The maximum Gasteiger partial charge on any atom is 0.238 e. The Hall–Kier alpha value is -2.31. The summed E-state index contributed by atoms with van der Waals surface area (Å²) in [5.74, 6) is 0. The minimum absolute atomic E-state index is 0.194. The summed E-state index contributed by atoms with van der Waals surface area (Å²) >= 11 is 0. The van der Waals surface area contributed by atoms with Crippen molar-refractivity contribution in [3.8, 4) is 0 Å². The van der Waals surface area contributed by atoms with Crippen LogP contribution in [0.25, 0.3) is 10.9 Å². The van der Waals surface area contributed by atoms with Gasteiger partial charge in [0.2, 0.25) is 10.0 Å². The van der Waals surface area contributed by atoms with Gasteiger partial charge in [0.15, 0.2) is 0 Å². The van der Waals surface area contributed by atoms with E-state index in [1.54, 1.807) is 25.1 Å². The standard InChI is InChI=1S/C8H8N2.C7H9NO2S/c9-7-1-2-8-6(5-7)3-4-10-8;1-6-4-2-3-5-7(6)11(8,9)10/h1-5,10H,9H2;2-5H,1H3,(H2,8,9,10). The average Bonchev–Trinajstić information content (AvgIpc) is 2.86. The normalized spacial score (nSPS) is 11.0. The predicted octanol–water partition coefficient (Wildman–Crippen LogP) is 2.39. The van der Waals surface area contributed by atoms with Crippen LogP contribution in [0.1, 0.15) is 5.56 Å². The Morgan fingerprint density at radius 2 is 1.76 bits per heavy atom. The number of nitrogens with two attached hydrogens (primary N) is 2. The first-order valence-electron chi connectivity index (χ1n) is 6.29. The molecule has 0 aliphatic heterocycles. The molecule has 21 heavy (non-hydrogen) atoms. The van der Waals surface area contributed by atoms with Crippen LogP contribution >= 0.6 is 0 Å². The Bertz CT molecular complexity index is 854. The lowest BCUT2D eigenvalue weighted by Gasteiger charge is -2.00. The number of nitrogen functional groups attached to an aromatic ring is 1. The van der Waals surface area contributed by atoms with Crippen LogP contribution in [0, 0.1) is 6.92 Å². The van der Waals surface area contributed by atoms with E-state index >= 15 is 0 Å². The summed E-state index contributed by atoms with van der Waals surface area (Å²) in [6.45, 7) is 1.71. The number of nitrogens with one attached hydrogen (secondary N) is 1. The van der Waals surface area contributed by atoms with Crippen molar-refractivity contribution in [2.45, 2.75) is 11.8 Å². The second kappa shape index (κ2) is 5.99. The maximum absolute atomic E-state index is 10.8. The van der Waals surface area contributed by atoms with Gasteiger partial charge in [0, 0.05) is 22.8 Å². The molecular weight excluding hydrogens is 286 g/mol. The van der Waals surface area contributed by atoms with Crippen LogP contribution in [0.2, 0.25) is 0 Å². The largest absolute Gasteiger partial charge is 0.399 e. The molecule has 0 atom stereocenters. The molecular formula is C15H17N3O2S. The molecule has 0 aliphatic rings. The van der Waals surface area contributed by atoms with Gasteiger partial charge in [-0.15, -0.1) is 0 Å². The molecule has 0 fully saturated rings. The second-order valence-electron chi connectivity index (χ2n) is 4.63. The SMILES string of the molecule is Cc1ccccc1S(N)(=O)=O.Nc1ccc2[nH]ccc2c1. The Morgan fingerprint density at radius 3 is 2.38 bits per heavy atom. The maximum atomic E-state index is 10.8. The number of fused-ring (bicyclic) bond motifs is 1. The molecule has 0 saturated carbocycles. The summed E-state index contributed by atoms with van der Waals surface area (Å²) in [5, 5.41) is 6.10. The molecule has 1 aromatic heterocycles. The first-order chi connectivity index (χ1) is 9.88. The highest BCUT2D eigenvalue weighted by Crippen LogP contribution is 2.14. The zero-order valence-corrected chi connectivity index (χ0v) is 12.4. The molecule has 0 aliphatic carbocycles. The van der Waals surface area contributed by atoms with Crippen molar-refractivity contribution in [2.24, 2.45) is 5.14 Å². The molecule has 0 unspecified atom stereocenters. The monoisotopic (exact) mass is 303 g/mol. The molecule has 3 aromatic rings. The van der Waals surface area contributed by atoms with Gasteiger partial charge in [-0.2, -0.15) is 0 Å². The van der Waals surface area contributed by atoms with E-state index in [4.69, 9.17) is 10.9 Å². The van der Waals surface area contributed by atoms with Crippen molar-refractivity contribution in [3.63, 3.8) is 0 Å². The lowest BCUT2D eigenvalue weighted by atomic mass is 10.2. The lowest BCUT2D eigenvalue weighted by molar-refractivity contribution is 0.597. The molecule has 2 aromatic carbocycles. The minimum atomic E-state index is -3.53. The number of anilines is 1. The first kappa shape index (κ1) is 15.1. The van der Waals surface area contributed by atoms with E-state index in [0.717, 1.165) is 11.2 Å². The summed E-state index contributed by atoms with van der Waals surface area (Å²) in [4.78, 5) is 3.29. The van der Waals surface area contributed by atoms with Crippen LogP contribution in [0.3, 0.4) is 0 Å². The quantitative estimate of drug-likeness (QED) is 0.601. The van der Waals surface area contributed by atoms with Crippen molar-refractivity contribution in [2.75, 3.05) is 5.73 Å². The van der Waals surface area contributed by atoms with Crippen molar-refractivity contribution in [3.05, 3.63) is 60.3 Å². The van der Waals surface area contributed by atoms with Crippen LogP contribution in [0.5, 0.6) is 0 Å². The Morgan fingerprint density at radius 1 is 1.05 bits per heavy atom. The Labute approximate surface area is 123 Å². The molecule has 5 nitrogen and oxygen atoms in total.